The van der Waals surface area contributed by atoms with E-state index in [1.165, 1.54) is 7.11 Å². The molecule has 26 heavy (non-hydrogen) atoms. The first-order chi connectivity index (χ1) is 12.2. The molecule has 6 heteroatoms. The number of hydrogen-bond acceptors (Lipinski definition) is 4. The van der Waals surface area contributed by atoms with Crippen LogP contribution < -0.4 is 10.2 Å². The predicted molar refractivity (Wildman–Crippen MR) is 106 cm³/mol. The molecule has 1 atom stereocenters. The first-order valence-electron chi connectivity index (χ1n) is 9.09. The Labute approximate surface area is 157 Å². The van der Waals surface area contributed by atoms with E-state index in [-0.39, 0.29) is 24.5 Å². The number of carbonyl (C=O) groups is 2. The van der Waals surface area contributed by atoms with Gasteiger partial charge in [0.25, 0.3) is 0 Å². The van der Waals surface area contributed by atoms with Gasteiger partial charge in [-0.05, 0) is 36.6 Å². The molecule has 0 unspecified atom stereocenters. The maximum Gasteiger partial charge on any atom is 0.249 e. The Morgan fingerprint density at radius 2 is 1.85 bits per heavy atom. The van der Waals surface area contributed by atoms with Crippen LogP contribution in [0.3, 0.4) is 0 Å². The molecule has 146 valence electrons. The molecule has 0 radical (unpaired) electrons. The summed E-state index contributed by atoms with van der Waals surface area (Å²) in [6.07, 6.45) is 0.424. The van der Waals surface area contributed by atoms with Gasteiger partial charge in [0, 0.05) is 51.6 Å². The third-order valence-corrected chi connectivity index (χ3v) is 4.55. The van der Waals surface area contributed by atoms with Crippen LogP contribution in [0.5, 0.6) is 0 Å². The van der Waals surface area contributed by atoms with E-state index >= 15 is 0 Å². The number of rotatable bonds is 9. The van der Waals surface area contributed by atoms with Crippen molar-refractivity contribution < 1.29 is 14.3 Å². The summed E-state index contributed by atoms with van der Waals surface area (Å²) < 4.78 is 5.06. The molecule has 0 fully saturated rings. The minimum absolute atomic E-state index is 0.0311. The van der Waals surface area contributed by atoms with E-state index in [1.54, 1.807) is 0 Å². The van der Waals surface area contributed by atoms with E-state index < -0.39 is 0 Å². The van der Waals surface area contributed by atoms with Crippen molar-refractivity contribution in [1.29, 1.82) is 0 Å². The molecule has 0 aromatic heterocycles. The number of methoxy groups -OCH3 is 1. The number of ether oxygens (including phenoxy) is 1. The molecule has 6 nitrogen and oxygen atoms in total. The molecule has 1 aromatic carbocycles. The van der Waals surface area contributed by atoms with E-state index in [2.05, 4.69) is 26.1 Å². The fourth-order valence-corrected chi connectivity index (χ4v) is 2.68. The Hall–Kier alpha value is -2.08. The van der Waals surface area contributed by atoms with Crippen LogP contribution in [0, 0.1) is 5.92 Å². The third-order valence-electron chi connectivity index (χ3n) is 4.55. The number of nitrogens with zero attached hydrogens (tertiary/aromatic N) is 2. The Balaban J connectivity index is 3.23. The molecular formula is C20H33N3O3. The highest BCUT2D eigenvalue weighted by Crippen LogP contribution is 2.26. The van der Waals surface area contributed by atoms with Gasteiger partial charge in [0.1, 0.15) is 6.61 Å². The summed E-state index contributed by atoms with van der Waals surface area (Å²) in [6.45, 7) is 8.59. The van der Waals surface area contributed by atoms with E-state index in [1.807, 2.05) is 49.0 Å². The van der Waals surface area contributed by atoms with Crippen molar-refractivity contribution in [1.82, 2.24) is 4.90 Å². The lowest BCUT2D eigenvalue weighted by Crippen LogP contribution is -2.43. The number of carbonyl (C=O) groups excluding carboxylic acids is 2. The van der Waals surface area contributed by atoms with E-state index in [0.29, 0.717) is 18.9 Å². The maximum absolute atomic E-state index is 12.6. The van der Waals surface area contributed by atoms with Gasteiger partial charge in [-0.2, -0.15) is 0 Å². The summed E-state index contributed by atoms with van der Waals surface area (Å²) >= 11 is 0. The molecule has 2 amide bonds. The zero-order valence-electron chi connectivity index (χ0n) is 17.1. The molecule has 0 spiro atoms. The SMILES string of the molecule is CCC(=O)Nc1ccc(N(C)C)c(CN(C(=O)COC)[C@@H](C)C(C)C)c1. The van der Waals surface area contributed by atoms with E-state index in [9.17, 15) is 9.59 Å². The van der Waals surface area contributed by atoms with Gasteiger partial charge in [0.15, 0.2) is 0 Å². The summed E-state index contributed by atoms with van der Waals surface area (Å²) in [6, 6.07) is 5.88. The molecular weight excluding hydrogens is 330 g/mol. The maximum atomic E-state index is 12.6. The van der Waals surface area contributed by atoms with Crippen LogP contribution in [0.1, 0.15) is 39.7 Å². The van der Waals surface area contributed by atoms with Crippen LogP contribution in [0.2, 0.25) is 0 Å². The normalized spacial score (nSPS) is 12.0. The third kappa shape index (κ3) is 6.02. The quantitative estimate of drug-likeness (QED) is 0.732. The van der Waals surface area contributed by atoms with Crippen LogP contribution in [0.4, 0.5) is 11.4 Å². The monoisotopic (exact) mass is 363 g/mol. The molecule has 0 aliphatic heterocycles. The van der Waals surface area contributed by atoms with Crippen LogP contribution in [0.15, 0.2) is 18.2 Å². The minimum atomic E-state index is -0.0404. The van der Waals surface area contributed by atoms with Crippen molar-refractivity contribution in [3.05, 3.63) is 23.8 Å². The largest absolute Gasteiger partial charge is 0.377 e. The molecule has 0 bridgehead atoms. The van der Waals surface area contributed by atoms with Crippen LogP contribution in [0.25, 0.3) is 0 Å². The zero-order chi connectivity index (χ0) is 19.9. The summed E-state index contributed by atoms with van der Waals surface area (Å²) in [5.74, 6) is 0.249. The van der Waals surface area contributed by atoms with E-state index in [0.717, 1.165) is 16.9 Å². The summed E-state index contributed by atoms with van der Waals surface area (Å²) in [7, 11) is 5.47. The van der Waals surface area contributed by atoms with Crippen molar-refractivity contribution >= 4 is 23.2 Å². The van der Waals surface area contributed by atoms with Crippen molar-refractivity contribution in [3.8, 4) is 0 Å². The number of benzene rings is 1. The van der Waals surface area contributed by atoms with Gasteiger partial charge in [-0.3, -0.25) is 9.59 Å². The Bertz CT molecular complexity index is 614. The predicted octanol–water partition coefficient (Wildman–Crippen LogP) is 3.12. The molecule has 0 aliphatic rings. The topological polar surface area (TPSA) is 61.9 Å². The average molecular weight is 364 g/mol. The molecule has 1 N–H and O–H groups in total. The standard InChI is InChI=1S/C20H33N3O3/c1-8-19(24)21-17-9-10-18(22(5)6)16(11-17)12-23(15(4)14(2)3)20(25)13-26-7/h9-11,14-15H,8,12-13H2,1-7H3,(H,21,24)/t15-/m0/s1. The fourth-order valence-electron chi connectivity index (χ4n) is 2.68. The Morgan fingerprint density at radius 3 is 2.35 bits per heavy atom. The van der Waals surface area contributed by atoms with Gasteiger partial charge >= 0.3 is 0 Å². The van der Waals surface area contributed by atoms with Crippen LogP contribution in [-0.2, 0) is 20.9 Å². The first-order valence-corrected chi connectivity index (χ1v) is 9.09. The fraction of sp³-hybridized carbons (Fsp3) is 0.600. The van der Waals surface area contributed by atoms with Gasteiger partial charge in [0.2, 0.25) is 11.8 Å². The van der Waals surface area contributed by atoms with Gasteiger partial charge in [-0.25, -0.2) is 0 Å². The summed E-state index contributed by atoms with van der Waals surface area (Å²) in [5, 5.41) is 2.89. The number of amides is 2. The van der Waals surface area contributed by atoms with Gasteiger partial charge < -0.3 is 19.9 Å². The minimum Gasteiger partial charge on any atom is -0.377 e. The smallest absolute Gasteiger partial charge is 0.249 e. The lowest BCUT2D eigenvalue weighted by Gasteiger charge is -2.33. The average Bonchev–Trinajstić information content (AvgIpc) is 2.58. The molecule has 1 aromatic rings. The summed E-state index contributed by atoms with van der Waals surface area (Å²) in [5.41, 5.74) is 2.75. The van der Waals surface area contributed by atoms with Gasteiger partial charge in [-0.15, -0.1) is 0 Å². The molecule has 0 heterocycles. The van der Waals surface area contributed by atoms with Crippen molar-refractivity contribution in [2.75, 3.05) is 38.0 Å². The van der Waals surface area contributed by atoms with Crippen LogP contribution >= 0.6 is 0 Å². The highest BCUT2D eigenvalue weighted by molar-refractivity contribution is 5.91. The van der Waals surface area contributed by atoms with Gasteiger partial charge in [0.05, 0.1) is 0 Å². The highest BCUT2D eigenvalue weighted by atomic mass is 16.5. The molecule has 1 rings (SSSR count). The number of hydrogen-bond donors (Lipinski definition) is 1. The Kier molecular flexibility index (Phi) is 8.58. The van der Waals surface area contributed by atoms with Crippen molar-refractivity contribution in [2.45, 2.75) is 46.7 Å². The van der Waals surface area contributed by atoms with E-state index in [4.69, 9.17) is 4.74 Å². The first kappa shape index (κ1) is 22.0. The summed E-state index contributed by atoms with van der Waals surface area (Å²) in [4.78, 5) is 28.2. The molecule has 0 saturated carbocycles. The Morgan fingerprint density at radius 1 is 1.19 bits per heavy atom. The lowest BCUT2D eigenvalue weighted by atomic mass is 10.0. The van der Waals surface area contributed by atoms with Crippen LogP contribution in [-0.4, -0.2) is 50.6 Å². The lowest BCUT2D eigenvalue weighted by molar-refractivity contribution is -0.138. The second-order valence-corrected chi connectivity index (χ2v) is 7.08. The van der Waals surface area contributed by atoms with Crippen molar-refractivity contribution in [2.24, 2.45) is 5.92 Å². The molecule has 0 saturated heterocycles. The zero-order valence-corrected chi connectivity index (χ0v) is 17.1. The number of nitrogens with one attached hydrogen (secondary N) is 1. The second-order valence-electron chi connectivity index (χ2n) is 7.08. The highest BCUT2D eigenvalue weighted by Gasteiger charge is 2.24. The van der Waals surface area contributed by atoms with Gasteiger partial charge in [-0.1, -0.05) is 20.8 Å². The number of anilines is 2. The van der Waals surface area contributed by atoms with Crippen molar-refractivity contribution in [3.63, 3.8) is 0 Å². The molecule has 0 aliphatic carbocycles. The second kappa shape index (κ2) is 10.2.